The standard InChI is InChI=1S/C15H17F2N3O.HI/c1-18-15(20-10-12-3-2-8-21-12)19-7-6-11-4-5-13(16)14(17)9-11;/h2-5,8-9H,6-7,10H2,1H3,(H2,18,19,20);1H. The molecule has 0 saturated carbocycles. The lowest BCUT2D eigenvalue weighted by molar-refractivity contribution is 0.501. The number of hydrogen-bond donors (Lipinski definition) is 2. The van der Waals surface area contributed by atoms with E-state index in [1.54, 1.807) is 19.4 Å². The summed E-state index contributed by atoms with van der Waals surface area (Å²) >= 11 is 0. The molecule has 0 aliphatic heterocycles. The fourth-order valence-corrected chi connectivity index (χ4v) is 1.82. The van der Waals surface area contributed by atoms with Gasteiger partial charge in [-0.1, -0.05) is 6.07 Å². The molecule has 120 valence electrons. The van der Waals surface area contributed by atoms with E-state index in [-0.39, 0.29) is 24.0 Å². The van der Waals surface area contributed by atoms with Gasteiger partial charge in [-0.05, 0) is 36.2 Å². The Labute approximate surface area is 145 Å². The molecule has 1 aromatic carbocycles. The molecular formula is C15H18F2IN3O. The molecule has 7 heteroatoms. The Morgan fingerprint density at radius 1 is 1.18 bits per heavy atom. The minimum atomic E-state index is -0.831. The fourth-order valence-electron chi connectivity index (χ4n) is 1.82. The maximum absolute atomic E-state index is 13.1. The molecule has 0 radical (unpaired) electrons. The molecule has 1 aromatic heterocycles. The van der Waals surface area contributed by atoms with Gasteiger partial charge >= 0.3 is 0 Å². The van der Waals surface area contributed by atoms with E-state index in [0.29, 0.717) is 25.5 Å². The molecule has 4 nitrogen and oxygen atoms in total. The topological polar surface area (TPSA) is 49.6 Å². The number of guanidine groups is 1. The largest absolute Gasteiger partial charge is 0.467 e. The number of nitrogens with one attached hydrogen (secondary N) is 2. The van der Waals surface area contributed by atoms with Crippen molar-refractivity contribution in [2.24, 2.45) is 4.99 Å². The van der Waals surface area contributed by atoms with Crippen LogP contribution in [0.1, 0.15) is 11.3 Å². The van der Waals surface area contributed by atoms with Crippen LogP contribution in [0.15, 0.2) is 46.0 Å². The molecule has 2 N–H and O–H groups in total. The second kappa shape index (κ2) is 9.39. The van der Waals surface area contributed by atoms with Crippen molar-refractivity contribution in [3.8, 4) is 0 Å². The van der Waals surface area contributed by atoms with Gasteiger partial charge in [0, 0.05) is 13.6 Å². The summed E-state index contributed by atoms with van der Waals surface area (Å²) in [6.07, 6.45) is 2.18. The van der Waals surface area contributed by atoms with E-state index >= 15 is 0 Å². The average molecular weight is 421 g/mol. The lowest BCUT2D eigenvalue weighted by Crippen LogP contribution is -2.37. The Kier molecular flexibility index (Phi) is 7.86. The van der Waals surface area contributed by atoms with Gasteiger partial charge in [0.1, 0.15) is 5.76 Å². The van der Waals surface area contributed by atoms with Crippen molar-refractivity contribution in [1.29, 1.82) is 0 Å². The quantitative estimate of drug-likeness (QED) is 0.443. The third kappa shape index (κ3) is 5.63. The molecule has 1 heterocycles. The molecule has 0 amide bonds. The van der Waals surface area contributed by atoms with Gasteiger partial charge in [-0.3, -0.25) is 4.99 Å². The molecule has 0 fully saturated rings. The molecular weight excluding hydrogens is 403 g/mol. The lowest BCUT2D eigenvalue weighted by Gasteiger charge is -2.11. The summed E-state index contributed by atoms with van der Waals surface area (Å²) in [6.45, 7) is 1.08. The average Bonchev–Trinajstić information content (AvgIpc) is 2.99. The van der Waals surface area contributed by atoms with Gasteiger partial charge in [-0.25, -0.2) is 8.78 Å². The first-order chi connectivity index (χ1) is 10.2. The summed E-state index contributed by atoms with van der Waals surface area (Å²) in [7, 11) is 1.66. The zero-order valence-corrected chi connectivity index (χ0v) is 14.4. The summed E-state index contributed by atoms with van der Waals surface area (Å²) < 4.78 is 31.1. The van der Waals surface area contributed by atoms with Crippen LogP contribution in [0, 0.1) is 11.6 Å². The van der Waals surface area contributed by atoms with Crippen LogP contribution >= 0.6 is 24.0 Å². The highest BCUT2D eigenvalue weighted by Crippen LogP contribution is 2.08. The highest BCUT2D eigenvalue weighted by Gasteiger charge is 2.03. The van der Waals surface area contributed by atoms with Crippen molar-refractivity contribution in [2.45, 2.75) is 13.0 Å². The predicted molar refractivity (Wildman–Crippen MR) is 92.4 cm³/mol. The van der Waals surface area contributed by atoms with E-state index in [0.717, 1.165) is 17.4 Å². The predicted octanol–water partition coefficient (Wildman–Crippen LogP) is 3.08. The van der Waals surface area contributed by atoms with E-state index in [9.17, 15) is 8.78 Å². The van der Waals surface area contributed by atoms with Crippen molar-refractivity contribution >= 4 is 29.9 Å². The van der Waals surface area contributed by atoms with E-state index in [2.05, 4.69) is 15.6 Å². The fraction of sp³-hybridized carbons (Fsp3) is 0.267. The van der Waals surface area contributed by atoms with E-state index in [1.807, 2.05) is 12.1 Å². The number of furan rings is 1. The second-order valence-corrected chi connectivity index (χ2v) is 4.43. The number of hydrogen-bond acceptors (Lipinski definition) is 2. The second-order valence-electron chi connectivity index (χ2n) is 4.43. The molecule has 2 rings (SSSR count). The first kappa shape index (κ1) is 18.4. The Morgan fingerprint density at radius 2 is 2.00 bits per heavy atom. The molecule has 0 unspecified atom stereocenters. The minimum absolute atomic E-state index is 0. The van der Waals surface area contributed by atoms with Gasteiger partial charge in [0.2, 0.25) is 0 Å². The van der Waals surface area contributed by atoms with Crippen LogP contribution in [-0.4, -0.2) is 19.6 Å². The number of aliphatic imine (C=N–C) groups is 1. The monoisotopic (exact) mass is 421 g/mol. The van der Waals surface area contributed by atoms with Crippen LogP contribution < -0.4 is 10.6 Å². The normalized spacial score (nSPS) is 11.0. The van der Waals surface area contributed by atoms with Crippen molar-refractivity contribution < 1.29 is 13.2 Å². The first-order valence-electron chi connectivity index (χ1n) is 6.60. The first-order valence-corrected chi connectivity index (χ1v) is 6.60. The van der Waals surface area contributed by atoms with Gasteiger partial charge in [0.15, 0.2) is 17.6 Å². The molecule has 0 saturated heterocycles. The minimum Gasteiger partial charge on any atom is -0.467 e. The zero-order valence-electron chi connectivity index (χ0n) is 12.1. The van der Waals surface area contributed by atoms with Crippen LogP contribution in [0.25, 0.3) is 0 Å². The highest BCUT2D eigenvalue weighted by atomic mass is 127. The Bertz CT molecular complexity index is 603. The van der Waals surface area contributed by atoms with Crippen LogP contribution in [0.2, 0.25) is 0 Å². The molecule has 0 aliphatic rings. The maximum Gasteiger partial charge on any atom is 0.191 e. The highest BCUT2D eigenvalue weighted by molar-refractivity contribution is 14.0. The summed E-state index contributed by atoms with van der Waals surface area (Å²) in [5.74, 6) is -0.233. The van der Waals surface area contributed by atoms with Crippen molar-refractivity contribution in [1.82, 2.24) is 10.6 Å². The summed E-state index contributed by atoms with van der Waals surface area (Å²) in [6, 6.07) is 7.59. The molecule has 0 spiro atoms. The SMILES string of the molecule is CN=C(NCCc1ccc(F)c(F)c1)NCc1ccco1.I. The summed E-state index contributed by atoms with van der Waals surface area (Å²) in [4.78, 5) is 4.07. The van der Waals surface area contributed by atoms with Crippen LogP contribution in [0.4, 0.5) is 8.78 Å². The van der Waals surface area contributed by atoms with Crippen LogP contribution in [0.3, 0.4) is 0 Å². The third-order valence-corrected chi connectivity index (χ3v) is 2.92. The number of nitrogens with zero attached hydrogens (tertiary/aromatic N) is 1. The lowest BCUT2D eigenvalue weighted by atomic mass is 10.1. The van der Waals surface area contributed by atoms with E-state index < -0.39 is 11.6 Å². The molecule has 0 atom stereocenters. The summed E-state index contributed by atoms with van der Waals surface area (Å²) in [5, 5.41) is 6.19. The molecule has 22 heavy (non-hydrogen) atoms. The molecule has 2 aromatic rings. The number of benzene rings is 1. The van der Waals surface area contributed by atoms with E-state index in [4.69, 9.17) is 4.42 Å². The van der Waals surface area contributed by atoms with E-state index in [1.165, 1.54) is 6.07 Å². The Balaban J connectivity index is 0.00000242. The Hall–Kier alpha value is -1.64. The Morgan fingerprint density at radius 3 is 2.64 bits per heavy atom. The van der Waals surface area contributed by atoms with Crippen molar-refractivity contribution in [2.75, 3.05) is 13.6 Å². The van der Waals surface area contributed by atoms with Gasteiger partial charge in [-0.15, -0.1) is 24.0 Å². The summed E-state index contributed by atoms with van der Waals surface area (Å²) in [5.41, 5.74) is 0.725. The van der Waals surface area contributed by atoms with Crippen LogP contribution in [-0.2, 0) is 13.0 Å². The maximum atomic E-state index is 13.1. The van der Waals surface area contributed by atoms with Crippen molar-refractivity contribution in [3.05, 3.63) is 59.6 Å². The third-order valence-electron chi connectivity index (χ3n) is 2.92. The van der Waals surface area contributed by atoms with Gasteiger partial charge in [0.25, 0.3) is 0 Å². The molecule has 0 aliphatic carbocycles. The molecule has 0 bridgehead atoms. The number of halogens is 3. The smallest absolute Gasteiger partial charge is 0.191 e. The van der Waals surface area contributed by atoms with Gasteiger partial charge in [-0.2, -0.15) is 0 Å². The van der Waals surface area contributed by atoms with Gasteiger partial charge in [0.05, 0.1) is 12.8 Å². The number of rotatable bonds is 5. The van der Waals surface area contributed by atoms with Gasteiger partial charge < -0.3 is 15.1 Å². The van der Waals surface area contributed by atoms with Crippen molar-refractivity contribution in [3.63, 3.8) is 0 Å². The zero-order chi connectivity index (χ0) is 15.1. The van der Waals surface area contributed by atoms with Crippen LogP contribution in [0.5, 0.6) is 0 Å².